The van der Waals surface area contributed by atoms with Crippen molar-refractivity contribution >= 4 is 28.6 Å². The number of rotatable bonds is 9. The summed E-state index contributed by atoms with van der Waals surface area (Å²) in [7, 11) is 4.72. The van der Waals surface area contributed by atoms with Gasteiger partial charge in [0.05, 0.1) is 21.3 Å². The van der Waals surface area contributed by atoms with Crippen molar-refractivity contribution < 1.29 is 14.2 Å². The molecule has 9 heteroatoms. The molecule has 0 bridgehead atoms. The first kappa shape index (κ1) is 23.0. The molecule has 5 aromatic rings. The summed E-state index contributed by atoms with van der Waals surface area (Å²) >= 11 is 0. The number of hydrogen-bond donors (Lipinski definition) is 2. The van der Waals surface area contributed by atoms with Crippen molar-refractivity contribution in [1.82, 2.24) is 19.5 Å². The number of hydrogen-bond acceptors (Lipinski definition) is 8. The number of anilines is 3. The monoisotopic (exact) mass is 482 g/mol. The van der Waals surface area contributed by atoms with Gasteiger partial charge in [0.15, 0.2) is 28.5 Å². The summed E-state index contributed by atoms with van der Waals surface area (Å²) in [5, 5.41) is 6.71. The maximum atomic E-state index is 5.49. The van der Waals surface area contributed by atoms with E-state index >= 15 is 0 Å². The first-order valence-electron chi connectivity index (χ1n) is 11.4. The van der Waals surface area contributed by atoms with Crippen LogP contribution in [0, 0.1) is 0 Å². The maximum Gasteiger partial charge on any atom is 0.231 e. The molecule has 0 fully saturated rings. The molecule has 0 saturated heterocycles. The van der Waals surface area contributed by atoms with Crippen LogP contribution >= 0.6 is 0 Å². The first-order chi connectivity index (χ1) is 17.7. The zero-order valence-corrected chi connectivity index (χ0v) is 20.2. The lowest BCUT2D eigenvalue weighted by Crippen LogP contribution is -2.07. The number of fused-ring (bicyclic) bond motifs is 1. The zero-order valence-electron chi connectivity index (χ0n) is 20.2. The predicted molar refractivity (Wildman–Crippen MR) is 140 cm³/mol. The topological polar surface area (TPSA) is 95.4 Å². The molecule has 0 amide bonds. The van der Waals surface area contributed by atoms with Crippen molar-refractivity contribution in [1.29, 1.82) is 0 Å². The summed E-state index contributed by atoms with van der Waals surface area (Å²) in [4.78, 5) is 14.2. The van der Waals surface area contributed by atoms with E-state index in [9.17, 15) is 0 Å². The number of methoxy groups -OCH3 is 3. The Hall–Kier alpha value is -4.79. The molecule has 36 heavy (non-hydrogen) atoms. The molecule has 9 nitrogen and oxygen atoms in total. The van der Waals surface area contributed by atoms with Gasteiger partial charge in [-0.25, -0.2) is 4.98 Å². The van der Waals surface area contributed by atoms with E-state index in [-0.39, 0.29) is 0 Å². The lowest BCUT2D eigenvalue weighted by Gasteiger charge is -2.15. The SMILES string of the molecule is COc1cc(Nc2nc(NCc3ccccc3)c3ncn(-c4ccccc4)c3n2)cc(OC)c1OC. The molecule has 5 rings (SSSR count). The van der Waals surface area contributed by atoms with E-state index in [0.29, 0.717) is 52.4 Å². The fourth-order valence-electron chi connectivity index (χ4n) is 3.92. The average Bonchev–Trinajstić information content (AvgIpc) is 3.36. The van der Waals surface area contributed by atoms with Crippen molar-refractivity contribution in [3.63, 3.8) is 0 Å². The third kappa shape index (κ3) is 4.58. The maximum absolute atomic E-state index is 5.49. The van der Waals surface area contributed by atoms with E-state index in [0.717, 1.165) is 11.3 Å². The molecule has 0 unspecified atom stereocenters. The minimum absolute atomic E-state index is 0.394. The normalized spacial score (nSPS) is 10.8. The Morgan fingerprint density at radius 1 is 0.806 bits per heavy atom. The minimum Gasteiger partial charge on any atom is -0.493 e. The molecular weight excluding hydrogens is 456 g/mol. The van der Waals surface area contributed by atoms with Crippen molar-refractivity contribution in [2.24, 2.45) is 0 Å². The Morgan fingerprint density at radius 2 is 1.47 bits per heavy atom. The van der Waals surface area contributed by atoms with Crippen molar-refractivity contribution in [3.05, 3.63) is 84.7 Å². The predicted octanol–water partition coefficient (Wildman–Crippen LogP) is 5.20. The molecule has 2 heterocycles. The van der Waals surface area contributed by atoms with Crippen LogP contribution in [-0.4, -0.2) is 40.8 Å². The summed E-state index contributed by atoms with van der Waals surface area (Å²) in [5.74, 6) is 2.57. The summed E-state index contributed by atoms with van der Waals surface area (Å²) in [6, 6.07) is 23.7. The summed E-state index contributed by atoms with van der Waals surface area (Å²) in [5.41, 5.74) is 4.10. The van der Waals surface area contributed by atoms with E-state index in [4.69, 9.17) is 24.2 Å². The van der Waals surface area contributed by atoms with Gasteiger partial charge in [-0.05, 0) is 17.7 Å². The Balaban J connectivity index is 1.58. The number of imidazole rings is 1. The number of benzene rings is 3. The number of ether oxygens (including phenoxy) is 3. The molecule has 182 valence electrons. The van der Waals surface area contributed by atoms with Gasteiger partial charge in [0, 0.05) is 30.1 Å². The summed E-state index contributed by atoms with van der Waals surface area (Å²) < 4.78 is 18.4. The van der Waals surface area contributed by atoms with Gasteiger partial charge in [0.25, 0.3) is 0 Å². The minimum atomic E-state index is 0.394. The zero-order chi connectivity index (χ0) is 24.9. The second kappa shape index (κ2) is 10.2. The number of para-hydroxylation sites is 1. The molecule has 0 radical (unpaired) electrons. The first-order valence-corrected chi connectivity index (χ1v) is 11.4. The Bertz CT molecular complexity index is 1450. The van der Waals surface area contributed by atoms with E-state index in [1.165, 1.54) is 0 Å². The lowest BCUT2D eigenvalue weighted by atomic mass is 10.2. The van der Waals surface area contributed by atoms with Gasteiger partial charge in [0.1, 0.15) is 6.33 Å². The van der Waals surface area contributed by atoms with Crippen LogP contribution in [0.15, 0.2) is 79.1 Å². The van der Waals surface area contributed by atoms with Crippen LogP contribution in [0.4, 0.5) is 17.5 Å². The van der Waals surface area contributed by atoms with Crippen LogP contribution in [0.3, 0.4) is 0 Å². The third-order valence-electron chi connectivity index (χ3n) is 5.65. The van der Waals surface area contributed by atoms with Crippen LogP contribution in [0.25, 0.3) is 16.9 Å². The standard InChI is InChI=1S/C27H26N6O3/c1-34-21-14-19(15-22(35-2)24(21)36-3)30-27-31-25(28-16-18-10-6-4-7-11-18)23-26(32-27)33(17-29-23)20-12-8-5-9-13-20/h4-15,17H,16H2,1-3H3,(H2,28,30,31,32). The van der Waals surface area contributed by atoms with Crippen molar-refractivity contribution in [2.75, 3.05) is 32.0 Å². The highest BCUT2D eigenvalue weighted by Gasteiger charge is 2.17. The Labute approximate surface area is 208 Å². The Kier molecular flexibility index (Phi) is 6.53. The Morgan fingerprint density at radius 3 is 2.11 bits per heavy atom. The molecule has 0 aliphatic heterocycles. The highest BCUT2D eigenvalue weighted by atomic mass is 16.5. The highest BCUT2D eigenvalue weighted by molar-refractivity contribution is 5.86. The van der Waals surface area contributed by atoms with E-state index in [2.05, 4.69) is 27.8 Å². The van der Waals surface area contributed by atoms with Gasteiger partial charge in [-0.15, -0.1) is 0 Å². The lowest BCUT2D eigenvalue weighted by molar-refractivity contribution is 0.324. The number of nitrogens with zero attached hydrogens (tertiary/aromatic N) is 4. The molecule has 0 saturated carbocycles. The largest absolute Gasteiger partial charge is 0.493 e. The average molecular weight is 483 g/mol. The van der Waals surface area contributed by atoms with Gasteiger partial charge in [0.2, 0.25) is 11.7 Å². The molecule has 2 aromatic heterocycles. The summed E-state index contributed by atoms with van der Waals surface area (Å²) in [6.07, 6.45) is 1.76. The molecule has 0 spiro atoms. The van der Waals surface area contributed by atoms with Gasteiger partial charge in [-0.2, -0.15) is 9.97 Å². The quantitative estimate of drug-likeness (QED) is 0.296. The second-order valence-electron chi connectivity index (χ2n) is 7.90. The van der Waals surface area contributed by atoms with Crippen LogP contribution in [0.2, 0.25) is 0 Å². The van der Waals surface area contributed by atoms with E-state index in [1.807, 2.05) is 53.1 Å². The van der Waals surface area contributed by atoms with E-state index in [1.54, 1.807) is 39.8 Å². The molecule has 0 aliphatic carbocycles. The van der Waals surface area contributed by atoms with Gasteiger partial charge >= 0.3 is 0 Å². The van der Waals surface area contributed by atoms with Crippen LogP contribution in [0.1, 0.15) is 5.56 Å². The van der Waals surface area contributed by atoms with Gasteiger partial charge in [-0.3, -0.25) is 4.57 Å². The van der Waals surface area contributed by atoms with Crippen LogP contribution < -0.4 is 24.8 Å². The highest BCUT2D eigenvalue weighted by Crippen LogP contribution is 2.40. The van der Waals surface area contributed by atoms with Crippen molar-refractivity contribution in [2.45, 2.75) is 6.54 Å². The number of aromatic nitrogens is 4. The number of nitrogens with one attached hydrogen (secondary N) is 2. The molecule has 0 aliphatic rings. The van der Waals surface area contributed by atoms with Crippen LogP contribution in [-0.2, 0) is 6.54 Å². The van der Waals surface area contributed by atoms with Gasteiger partial charge < -0.3 is 24.8 Å². The molecular formula is C27H26N6O3. The third-order valence-corrected chi connectivity index (χ3v) is 5.65. The molecule has 2 N–H and O–H groups in total. The van der Waals surface area contributed by atoms with Crippen molar-refractivity contribution in [3.8, 4) is 22.9 Å². The molecule has 0 atom stereocenters. The van der Waals surface area contributed by atoms with Crippen LogP contribution in [0.5, 0.6) is 17.2 Å². The molecule has 3 aromatic carbocycles. The smallest absolute Gasteiger partial charge is 0.231 e. The summed E-state index contributed by atoms with van der Waals surface area (Å²) in [6.45, 7) is 0.592. The fraction of sp³-hybridized carbons (Fsp3) is 0.148. The fourth-order valence-corrected chi connectivity index (χ4v) is 3.92. The van der Waals surface area contributed by atoms with Gasteiger partial charge in [-0.1, -0.05) is 48.5 Å². The second-order valence-corrected chi connectivity index (χ2v) is 7.90. The van der Waals surface area contributed by atoms with E-state index < -0.39 is 0 Å².